The zero-order chi connectivity index (χ0) is 18.0. The third-order valence-electron chi connectivity index (χ3n) is 4.64. The number of aliphatic hydroxyl groups excluding tert-OH is 1. The van der Waals surface area contributed by atoms with Crippen LogP contribution in [0.1, 0.15) is 5.69 Å². The number of nitrogens with two attached hydrogens (primary N) is 1. The molecule has 25 heavy (non-hydrogen) atoms. The van der Waals surface area contributed by atoms with Crippen molar-refractivity contribution in [3.63, 3.8) is 0 Å². The zero-order valence-corrected chi connectivity index (χ0v) is 14.1. The smallest absolute Gasteiger partial charge is 0.314 e. The number of nitrogens with zero attached hydrogens (tertiary/aromatic N) is 3. The maximum absolute atomic E-state index is 12.2. The third-order valence-corrected chi connectivity index (χ3v) is 4.64. The number of likely N-dealkylation sites (tertiary alicyclic amines) is 1. The molecule has 132 valence electrons. The summed E-state index contributed by atoms with van der Waals surface area (Å²) < 4.78 is 0. The summed E-state index contributed by atoms with van der Waals surface area (Å²) in [5.74, 6) is -0.286. The fourth-order valence-electron chi connectivity index (χ4n) is 3.13. The monoisotopic (exact) mass is 342 g/mol. The molecule has 1 fully saturated rings. The van der Waals surface area contributed by atoms with Gasteiger partial charge in [-0.05, 0) is 18.6 Å². The van der Waals surface area contributed by atoms with Crippen LogP contribution in [0.25, 0.3) is 10.9 Å². The summed E-state index contributed by atoms with van der Waals surface area (Å²) in [7, 11) is 1.48. The van der Waals surface area contributed by atoms with Gasteiger partial charge in [-0.3, -0.25) is 9.78 Å². The molecule has 0 spiro atoms. The number of pyridine rings is 1. The normalized spacial score (nSPS) is 20.0. The molecule has 0 aliphatic carbocycles. The second-order valence-electron chi connectivity index (χ2n) is 6.52. The molecule has 1 aliphatic rings. The molecule has 2 unspecified atom stereocenters. The predicted octanol–water partition coefficient (Wildman–Crippen LogP) is 0.607. The Balaban J connectivity index is 1.65. The molecule has 7 heteroatoms. The van der Waals surface area contributed by atoms with Crippen LogP contribution in [0.5, 0.6) is 0 Å². The van der Waals surface area contributed by atoms with Crippen LogP contribution in [-0.2, 0) is 11.2 Å². The number of β-amino-alcohol motifs (C(OH)–C–C–N with tert-alkyl or cyclic N) is 1. The molecule has 3 amide bonds. The average Bonchev–Trinajstić information content (AvgIpc) is 2.95. The Morgan fingerprint density at radius 3 is 2.80 bits per heavy atom. The fraction of sp³-hybridized carbons (Fsp3) is 0.389. The third kappa shape index (κ3) is 3.88. The highest BCUT2D eigenvalue weighted by Gasteiger charge is 2.34. The van der Waals surface area contributed by atoms with Gasteiger partial charge in [0.05, 0.1) is 11.6 Å². The molecule has 3 rings (SSSR count). The first-order valence-electron chi connectivity index (χ1n) is 8.25. The number of carbonyl (C=O) groups is 2. The van der Waals surface area contributed by atoms with Gasteiger partial charge in [0, 0.05) is 37.1 Å². The minimum absolute atomic E-state index is 0.0727. The van der Waals surface area contributed by atoms with Gasteiger partial charge in [0.1, 0.15) is 6.54 Å². The number of urea groups is 1. The zero-order valence-electron chi connectivity index (χ0n) is 14.1. The summed E-state index contributed by atoms with van der Waals surface area (Å²) in [6.45, 7) is 0.633. The van der Waals surface area contributed by atoms with Crippen molar-refractivity contribution in [2.45, 2.75) is 12.5 Å². The van der Waals surface area contributed by atoms with Crippen molar-refractivity contribution < 1.29 is 14.7 Å². The average molecular weight is 342 g/mol. The molecule has 1 saturated heterocycles. The Labute approximate surface area is 146 Å². The summed E-state index contributed by atoms with van der Waals surface area (Å²) >= 11 is 0. The van der Waals surface area contributed by atoms with E-state index in [2.05, 4.69) is 4.98 Å². The van der Waals surface area contributed by atoms with Crippen molar-refractivity contribution in [3.05, 3.63) is 42.1 Å². The first kappa shape index (κ1) is 17.2. The van der Waals surface area contributed by atoms with Crippen molar-refractivity contribution in [2.75, 3.05) is 26.7 Å². The Hall–Kier alpha value is -2.67. The Kier molecular flexibility index (Phi) is 4.85. The molecule has 0 radical (unpaired) electrons. The summed E-state index contributed by atoms with van der Waals surface area (Å²) in [4.78, 5) is 30.6. The van der Waals surface area contributed by atoms with Gasteiger partial charge in [-0.25, -0.2) is 4.79 Å². The number of aromatic nitrogens is 1. The lowest BCUT2D eigenvalue weighted by Crippen LogP contribution is -2.42. The van der Waals surface area contributed by atoms with Crippen LogP contribution in [0.4, 0.5) is 4.79 Å². The molecule has 0 saturated carbocycles. The lowest BCUT2D eigenvalue weighted by molar-refractivity contribution is -0.130. The summed E-state index contributed by atoms with van der Waals surface area (Å²) in [6.07, 6.45) is -0.00218. The van der Waals surface area contributed by atoms with E-state index in [0.717, 1.165) is 21.5 Å². The molecule has 1 aromatic carbocycles. The van der Waals surface area contributed by atoms with E-state index < -0.39 is 12.1 Å². The van der Waals surface area contributed by atoms with Crippen LogP contribution in [0.2, 0.25) is 0 Å². The van der Waals surface area contributed by atoms with Gasteiger partial charge in [-0.2, -0.15) is 0 Å². The van der Waals surface area contributed by atoms with Crippen LogP contribution < -0.4 is 5.73 Å². The maximum Gasteiger partial charge on any atom is 0.314 e. The van der Waals surface area contributed by atoms with Gasteiger partial charge in [0.25, 0.3) is 0 Å². The number of benzene rings is 1. The number of rotatable bonds is 4. The molecule has 1 aromatic heterocycles. The van der Waals surface area contributed by atoms with Crippen LogP contribution in [0.15, 0.2) is 36.4 Å². The molecular weight excluding hydrogens is 320 g/mol. The van der Waals surface area contributed by atoms with Crippen LogP contribution in [-0.4, -0.2) is 64.6 Å². The second-order valence-corrected chi connectivity index (χ2v) is 6.52. The maximum atomic E-state index is 12.2. The second kappa shape index (κ2) is 7.06. The Morgan fingerprint density at radius 2 is 2.04 bits per heavy atom. The quantitative estimate of drug-likeness (QED) is 0.850. The SMILES string of the molecule is CN(CC(=O)N1CC(O)C(Cc2ccc3ccccc3n2)C1)C(N)=O. The van der Waals surface area contributed by atoms with E-state index in [0.29, 0.717) is 13.0 Å². The van der Waals surface area contributed by atoms with Crippen molar-refractivity contribution in [2.24, 2.45) is 11.7 Å². The van der Waals surface area contributed by atoms with Gasteiger partial charge in [-0.15, -0.1) is 0 Å². The predicted molar refractivity (Wildman–Crippen MR) is 93.7 cm³/mol. The minimum atomic E-state index is -0.648. The molecular formula is C18H22N4O3. The first-order valence-corrected chi connectivity index (χ1v) is 8.25. The fourth-order valence-corrected chi connectivity index (χ4v) is 3.13. The van der Waals surface area contributed by atoms with Crippen molar-refractivity contribution in [1.29, 1.82) is 0 Å². The molecule has 2 heterocycles. The van der Waals surface area contributed by atoms with Gasteiger partial charge in [0.15, 0.2) is 0 Å². The summed E-state index contributed by atoms with van der Waals surface area (Å²) in [5, 5.41) is 11.4. The van der Waals surface area contributed by atoms with Crippen LogP contribution >= 0.6 is 0 Å². The van der Waals surface area contributed by atoms with Crippen molar-refractivity contribution in [3.8, 4) is 0 Å². The number of carbonyl (C=O) groups excluding carboxylic acids is 2. The standard InChI is InChI=1S/C18H22N4O3/c1-21(18(19)25)11-17(24)22-9-13(16(23)10-22)8-14-7-6-12-4-2-3-5-15(12)20-14/h2-7,13,16,23H,8-11H2,1H3,(H2,19,25). The van der Waals surface area contributed by atoms with Gasteiger partial charge < -0.3 is 20.6 Å². The van der Waals surface area contributed by atoms with E-state index in [1.807, 2.05) is 36.4 Å². The number of aliphatic hydroxyl groups is 1. The summed E-state index contributed by atoms with van der Waals surface area (Å²) in [5.41, 5.74) is 6.96. The number of primary amides is 1. The van der Waals surface area contributed by atoms with Crippen molar-refractivity contribution >= 4 is 22.8 Å². The molecule has 1 aliphatic heterocycles. The van der Waals surface area contributed by atoms with E-state index in [-0.39, 0.29) is 24.9 Å². The number of fused-ring (bicyclic) bond motifs is 1. The molecule has 7 nitrogen and oxygen atoms in total. The van der Waals surface area contributed by atoms with Crippen LogP contribution in [0, 0.1) is 5.92 Å². The molecule has 2 atom stereocenters. The molecule has 0 bridgehead atoms. The molecule has 2 aromatic rings. The highest BCUT2D eigenvalue weighted by atomic mass is 16.3. The first-order chi connectivity index (χ1) is 11.9. The topological polar surface area (TPSA) is 99.8 Å². The van der Waals surface area contributed by atoms with Gasteiger partial charge in [0.2, 0.25) is 5.91 Å². The van der Waals surface area contributed by atoms with E-state index in [1.54, 1.807) is 4.90 Å². The van der Waals surface area contributed by atoms with Gasteiger partial charge >= 0.3 is 6.03 Å². The number of likely N-dealkylation sites (N-methyl/N-ethyl adjacent to an activating group) is 1. The lowest BCUT2D eigenvalue weighted by Gasteiger charge is -2.20. The summed E-state index contributed by atoms with van der Waals surface area (Å²) in [6, 6.07) is 11.2. The number of hydrogen-bond donors (Lipinski definition) is 2. The number of para-hydroxylation sites is 1. The van der Waals surface area contributed by atoms with Crippen LogP contribution in [0.3, 0.4) is 0 Å². The van der Waals surface area contributed by atoms with E-state index >= 15 is 0 Å². The lowest BCUT2D eigenvalue weighted by atomic mass is 9.99. The molecule has 3 N–H and O–H groups in total. The minimum Gasteiger partial charge on any atom is -0.391 e. The largest absolute Gasteiger partial charge is 0.391 e. The number of amides is 3. The number of hydrogen-bond acceptors (Lipinski definition) is 4. The highest BCUT2D eigenvalue weighted by Crippen LogP contribution is 2.22. The van der Waals surface area contributed by atoms with Crippen molar-refractivity contribution in [1.82, 2.24) is 14.8 Å². The highest BCUT2D eigenvalue weighted by molar-refractivity contribution is 5.83. The van der Waals surface area contributed by atoms with Gasteiger partial charge in [-0.1, -0.05) is 24.3 Å². The van der Waals surface area contributed by atoms with E-state index in [9.17, 15) is 14.7 Å². The Morgan fingerprint density at radius 1 is 1.28 bits per heavy atom. The van der Waals surface area contributed by atoms with E-state index in [1.165, 1.54) is 7.05 Å². The van der Waals surface area contributed by atoms with E-state index in [4.69, 9.17) is 5.73 Å². The Bertz CT molecular complexity index is 795.